The van der Waals surface area contributed by atoms with Crippen LogP contribution in [0.25, 0.3) is 10.6 Å². The maximum Gasteiger partial charge on any atom is 0.310 e. The zero-order chi connectivity index (χ0) is 15.2. The number of nitrogens with zero attached hydrogens (tertiary/aromatic N) is 2. The molecular weight excluding hydrogens is 290 g/mol. The largest absolute Gasteiger partial charge is 0.427 e. The molecule has 1 amide bonds. The van der Waals surface area contributed by atoms with Crippen LogP contribution in [0.1, 0.15) is 26.7 Å². The van der Waals surface area contributed by atoms with Gasteiger partial charge in [-0.05, 0) is 24.3 Å². The van der Waals surface area contributed by atoms with Crippen molar-refractivity contribution in [3.63, 3.8) is 0 Å². The van der Waals surface area contributed by atoms with Crippen LogP contribution >= 0.6 is 11.3 Å². The number of aromatic nitrogens is 2. The fraction of sp³-hybridized carbons (Fsp3) is 0.286. The van der Waals surface area contributed by atoms with Crippen LogP contribution in [0.15, 0.2) is 24.3 Å². The second-order valence-electron chi connectivity index (χ2n) is 4.17. The third kappa shape index (κ3) is 4.09. The van der Waals surface area contributed by atoms with E-state index >= 15 is 0 Å². The third-order valence-electron chi connectivity index (χ3n) is 2.61. The van der Waals surface area contributed by atoms with Crippen molar-refractivity contribution in [1.29, 1.82) is 0 Å². The molecule has 0 radical (unpaired) electrons. The first-order valence-corrected chi connectivity index (χ1v) is 7.38. The first-order valence-electron chi connectivity index (χ1n) is 6.56. The summed E-state index contributed by atoms with van der Waals surface area (Å²) in [6, 6.07) is 7.00. The number of ether oxygens (including phenoxy) is 1. The van der Waals surface area contributed by atoms with E-state index < -0.39 is 0 Å². The zero-order valence-corrected chi connectivity index (χ0v) is 12.6. The van der Waals surface area contributed by atoms with Crippen LogP contribution in [-0.2, 0) is 9.59 Å². The van der Waals surface area contributed by atoms with Crippen LogP contribution in [0.2, 0.25) is 0 Å². The summed E-state index contributed by atoms with van der Waals surface area (Å²) in [6.45, 7) is 3.51. The van der Waals surface area contributed by atoms with Gasteiger partial charge in [0.1, 0.15) is 10.8 Å². The van der Waals surface area contributed by atoms with Crippen LogP contribution in [0.5, 0.6) is 5.75 Å². The lowest BCUT2D eigenvalue weighted by Gasteiger charge is -2.02. The number of anilines is 1. The predicted octanol–water partition coefficient (Wildman–Crippen LogP) is 2.87. The van der Waals surface area contributed by atoms with Gasteiger partial charge in [-0.1, -0.05) is 25.2 Å². The first-order chi connectivity index (χ1) is 10.1. The van der Waals surface area contributed by atoms with E-state index in [1.54, 1.807) is 38.1 Å². The third-order valence-corrected chi connectivity index (χ3v) is 3.50. The quantitative estimate of drug-likeness (QED) is 0.678. The standard InChI is InChI=1S/C14H15N3O3S/c1-3-11(18)15-14-17-16-13(21-14)9-5-7-10(8-6-9)20-12(19)4-2/h5-8H,3-4H2,1-2H3,(H,15,17,18). The lowest BCUT2D eigenvalue weighted by molar-refractivity contribution is -0.134. The number of esters is 1. The molecule has 0 aliphatic rings. The summed E-state index contributed by atoms with van der Waals surface area (Å²) in [5.74, 6) is 0.123. The molecule has 7 heteroatoms. The average Bonchev–Trinajstić information content (AvgIpc) is 2.96. The lowest BCUT2D eigenvalue weighted by atomic mass is 10.2. The normalized spacial score (nSPS) is 10.2. The number of hydrogen-bond acceptors (Lipinski definition) is 6. The maximum atomic E-state index is 11.3. The number of carbonyl (C=O) groups is 2. The van der Waals surface area contributed by atoms with Gasteiger partial charge in [0.05, 0.1) is 0 Å². The first kappa shape index (κ1) is 15.1. The van der Waals surface area contributed by atoms with Gasteiger partial charge in [-0.15, -0.1) is 10.2 Å². The Hall–Kier alpha value is -2.28. The van der Waals surface area contributed by atoms with Crippen LogP contribution in [0.4, 0.5) is 5.13 Å². The summed E-state index contributed by atoms with van der Waals surface area (Å²) < 4.78 is 5.10. The number of benzene rings is 1. The highest BCUT2D eigenvalue weighted by atomic mass is 32.1. The zero-order valence-electron chi connectivity index (χ0n) is 11.8. The maximum absolute atomic E-state index is 11.3. The molecule has 21 heavy (non-hydrogen) atoms. The van der Waals surface area contributed by atoms with E-state index in [0.717, 1.165) is 5.56 Å². The number of rotatable bonds is 5. The van der Waals surface area contributed by atoms with Crippen LogP contribution in [0.3, 0.4) is 0 Å². The highest BCUT2D eigenvalue weighted by molar-refractivity contribution is 7.18. The molecule has 2 aromatic rings. The van der Waals surface area contributed by atoms with E-state index in [1.165, 1.54) is 11.3 Å². The molecule has 0 saturated heterocycles. The Morgan fingerprint density at radius 3 is 2.48 bits per heavy atom. The van der Waals surface area contributed by atoms with Gasteiger partial charge < -0.3 is 10.1 Å². The molecule has 0 saturated carbocycles. The highest BCUT2D eigenvalue weighted by Crippen LogP contribution is 2.27. The molecule has 0 aliphatic heterocycles. The topological polar surface area (TPSA) is 81.2 Å². The molecule has 2 rings (SSSR count). The fourth-order valence-electron chi connectivity index (χ4n) is 1.47. The molecule has 0 fully saturated rings. The van der Waals surface area contributed by atoms with E-state index in [2.05, 4.69) is 15.5 Å². The summed E-state index contributed by atoms with van der Waals surface area (Å²) in [5, 5.41) is 11.8. The number of hydrogen-bond donors (Lipinski definition) is 1. The average molecular weight is 305 g/mol. The Morgan fingerprint density at radius 2 is 1.86 bits per heavy atom. The SMILES string of the molecule is CCC(=O)Nc1nnc(-c2ccc(OC(=O)CC)cc2)s1. The van der Waals surface area contributed by atoms with Gasteiger partial charge in [0, 0.05) is 18.4 Å². The summed E-state index contributed by atoms with van der Waals surface area (Å²) >= 11 is 1.29. The second kappa shape index (κ2) is 6.94. The van der Waals surface area contributed by atoms with Crippen LogP contribution in [-0.4, -0.2) is 22.1 Å². The van der Waals surface area contributed by atoms with E-state index in [-0.39, 0.29) is 11.9 Å². The lowest BCUT2D eigenvalue weighted by Crippen LogP contribution is -2.08. The molecular formula is C14H15N3O3S. The van der Waals surface area contributed by atoms with E-state index in [1.807, 2.05) is 0 Å². The smallest absolute Gasteiger partial charge is 0.310 e. The van der Waals surface area contributed by atoms with Gasteiger partial charge in [0.2, 0.25) is 11.0 Å². The molecule has 1 aromatic heterocycles. The summed E-state index contributed by atoms with van der Waals surface area (Å²) in [6.07, 6.45) is 0.727. The van der Waals surface area contributed by atoms with Gasteiger partial charge in [-0.3, -0.25) is 9.59 Å². The molecule has 1 N–H and O–H groups in total. The molecule has 0 unspecified atom stereocenters. The molecule has 1 aromatic carbocycles. The Kier molecular flexibility index (Phi) is 4.99. The molecule has 1 heterocycles. The van der Waals surface area contributed by atoms with E-state index in [0.29, 0.717) is 28.7 Å². The number of nitrogens with one attached hydrogen (secondary N) is 1. The van der Waals surface area contributed by atoms with Gasteiger partial charge in [0.25, 0.3) is 0 Å². The Labute approximate surface area is 126 Å². The van der Waals surface area contributed by atoms with Crippen molar-refractivity contribution in [3.8, 4) is 16.3 Å². The fourth-order valence-corrected chi connectivity index (χ4v) is 2.23. The summed E-state index contributed by atoms with van der Waals surface area (Å²) in [4.78, 5) is 22.5. The minimum atomic E-state index is -0.275. The molecule has 110 valence electrons. The monoisotopic (exact) mass is 305 g/mol. The molecule has 0 spiro atoms. The number of carbonyl (C=O) groups excluding carboxylic acids is 2. The van der Waals surface area contributed by atoms with Gasteiger partial charge in [0.15, 0.2) is 0 Å². The van der Waals surface area contributed by atoms with E-state index in [4.69, 9.17) is 4.74 Å². The van der Waals surface area contributed by atoms with Crippen LogP contribution < -0.4 is 10.1 Å². The van der Waals surface area contributed by atoms with Crippen LogP contribution in [0, 0.1) is 0 Å². The molecule has 0 bridgehead atoms. The van der Waals surface area contributed by atoms with Crippen molar-refractivity contribution in [2.75, 3.05) is 5.32 Å². The summed E-state index contributed by atoms with van der Waals surface area (Å²) in [7, 11) is 0. The van der Waals surface area contributed by atoms with Crippen molar-refractivity contribution in [3.05, 3.63) is 24.3 Å². The van der Waals surface area contributed by atoms with Crippen molar-refractivity contribution >= 4 is 28.3 Å². The summed E-state index contributed by atoms with van der Waals surface area (Å²) in [5.41, 5.74) is 0.848. The Morgan fingerprint density at radius 1 is 1.14 bits per heavy atom. The minimum Gasteiger partial charge on any atom is -0.427 e. The Balaban J connectivity index is 2.08. The van der Waals surface area contributed by atoms with Crippen molar-refractivity contribution < 1.29 is 14.3 Å². The minimum absolute atomic E-state index is 0.0977. The molecule has 0 atom stereocenters. The highest BCUT2D eigenvalue weighted by Gasteiger charge is 2.09. The Bertz CT molecular complexity index is 637. The molecule has 6 nitrogen and oxygen atoms in total. The van der Waals surface area contributed by atoms with Gasteiger partial charge in [-0.2, -0.15) is 0 Å². The molecule has 0 aliphatic carbocycles. The predicted molar refractivity (Wildman–Crippen MR) is 80.2 cm³/mol. The van der Waals surface area contributed by atoms with E-state index in [9.17, 15) is 9.59 Å². The van der Waals surface area contributed by atoms with Gasteiger partial charge in [-0.25, -0.2) is 0 Å². The second-order valence-corrected chi connectivity index (χ2v) is 5.14. The number of amides is 1. The van der Waals surface area contributed by atoms with Crippen molar-refractivity contribution in [2.45, 2.75) is 26.7 Å². The van der Waals surface area contributed by atoms with Crippen molar-refractivity contribution in [1.82, 2.24) is 10.2 Å². The van der Waals surface area contributed by atoms with Gasteiger partial charge >= 0.3 is 5.97 Å². The van der Waals surface area contributed by atoms with Crippen molar-refractivity contribution in [2.24, 2.45) is 0 Å².